The highest BCUT2D eigenvalue weighted by atomic mass is 16.2. The summed E-state index contributed by atoms with van der Waals surface area (Å²) in [6, 6.07) is 15.9. The lowest BCUT2D eigenvalue weighted by atomic mass is 10.0. The first-order valence-electron chi connectivity index (χ1n) is 7.39. The van der Waals surface area contributed by atoms with E-state index in [-0.39, 0.29) is 11.9 Å². The first-order valence-corrected chi connectivity index (χ1v) is 7.39. The molecule has 0 radical (unpaired) electrons. The van der Waals surface area contributed by atoms with Gasteiger partial charge in [0.1, 0.15) is 6.04 Å². The molecule has 0 aromatic heterocycles. The van der Waals surface area contributed by atoms with Gasteiger partial charge in [0.15, 0.2) is 0 Å². The number of fused-ring (bicyclic) bond motifs is 1. The maximum Gasteiger partial charge on any atom is 0.247 e. The van der Waals surface area contributed by atoms with Gasteiger partial charge < -0.3 is 10.6 Å². The molecule has 0 bridgehead atoms. The number of benzene rings is 2. The Morgan fingerprint density at radius 1 is 1.19 bits per heavy atom. The van der Waals surface area contributed by atoms with Crippen molar-refractivity contribution in [1.29, 1.82) is 0 Å². The van der Waals surface area contributed by atoms with Crippen LogP contribution in [0.15, 0.2) is 48.5 Å². The fourth-order valence-electron chi connectivity index (χ4n) is 2.66. The van der Waals surface area contributed by atoms with Gasteiger partial charge in [0.25, 0.3) is 0 Å². The summed E-state index contributed by atoms with van der Waals surface area (Å²) >= 11 is 0. The molecule has 2 N–H and O–H groups in total. The quantitative estimate of drug-likeness (QED) is 0.898. The second-order valence-electron chi connectivity index (χ2n) is 5.83. The minimum absolute atomic E-state index is 0.0205. The zero-order valence-electron chi connectivity index (χ0n) is 12.4. The van der Waals surface area contributed by atoms with Crippen LogP contribution in [-0.4, -0.2) is 11.9 Å². The third-order valence-corrected chi connectivity index (χ3v) is 3.91. The number of hydrogen-bond acceptors (Lipinski definition) is 2. The molecule has 3 rings (SSSR count). The molecule has 0 fully saturated rings. The van der Waals surface area contributed by atoms with Crippen LogP contribution in [0.5, 0.6) is 0 Å². The summed E-state index contributed by atoms with van der Waals surface area (Å²) in [5, 5.41) is 6.29. The lowest BCUT2D eigenvalue weighted by molar-refractivity contribution is -0.116. The van der Waals surface area contributed by atoms with Gasteiger partial charge in [0.05, 0.1) is 0 Å². The van der Waals surface area contributed by atoms with Crippen molar-refractivity contribution in [3.8, 4) is 0 Å². The Balaban J connectivity index is 1.69. The lowest BCUT2D eigenvalue weighted by Gasteiger charge is -2.13. The van der Waals surface area contributed by atoms with E-state index in [0.717, 1.165) is 17.8 Å². The molecule has 2 aromatic carbocycles. The van der Waals surface area contributed by atoms with Crippen LogP contribution in [0.2, 0.25) is 0 Å². The number of hydrogen-bond donors (Lipinski definition) is 2. The number of anilines is 2. The molecule has 1 aliphatic rings. The van der Waals surface area contributed by atoms with Crippen LogP contribution in [0.25, 0.3) is 0 Å². The van der Waals surface area contributed by atoms with Crippen LogP contribution in [0.3, 0.4) is 0 Å². The Morgan fingerprint density at radius 2 is 2.00 bits per heavy atom. The molecule has 1 atom stereocenters. The molecule has 0 saturated heterocycles. The van der Waals surface area contributed by atoms with Gasteiger partial charge in [-0.05, 0) is 35.2 Å². The summed E-state index contributed by atoms with van der Waals surface area (Å²) in [7, 11) is 0. The van der Waals surface area contributed by atoms with Gasteiger partial charge >= 0.3 is 0 Å². The van der Waals surface area contributed by atoms with Crippen molar-refractivity contribution in [3.63, 3.8) is 0 Å². The molecule has 0 saturated carbocycles. The molecule has 0 aliphatic carbocycles. The summed E-state index contributed by atoms with van der Waals surface area (Å²) in [6.07, 6.45) is 0.742. The van der Waals surface area contributed by atoms with Crippen LogP contribution in [0, 0.1) is 0 Å². The summed E-state index contributed by atoms with van der Waals surface area (Å²) in [5.41, 5.74) is 4.36. The lowest BCUT2D eigenvalue weighted by Crippen LogP contribution is -2.32. The minimum Gasteiger partial charge on any atom is -0.373 e. The average Bonchev–Trinajstić information content (AvgIpc) is 2.91. The molecule has 1 amide bonds. The summed E-state index contributed by atoms with van der Waals surface area (Å²) < 4.78 is 0. The van der Waals surface area contributed by atoms with E-state index in [2.05, 4.69) is 36.6 Å². The summed E-state index contributed by atoms with van der Waals surface area (Å²) in [6.45, 7) is 4.30. The normalized spacial score (nSPS) is 16.4. The highest BCUT2D eigenvalue weighted by Crippen LogP contribution is 2.26. The number of carbonyl (C=O) groups is 1. The van der Waals surface area contributed by atoms with E-state index in [4.69, 9.17) is 0 Å². The van der Waals surface area contributed by atoms with Crippen LogP contribution in [0.4, 0.5) is 11.4 Å². The van der Waals surface area contributed by atoms with E-state index < -0.39 is 0 Å². The topological polar surface area (TPSA) is 41.1 Å². The molecule has 2 aromatic rings. The Kier molecular flexibility index (Phi) is 3.65. The molecule has 1 aliphatic heterocycles. The SMILES string of the molecule is CC(C)c1cccc(NC(=O)[C@@H]2Cc3ccccc3N2)c1. The van der Waals surface area contributed by atoms with E-state index in [1.54, 1.807) is 0 Å². The second kappa shape index (κ2) is 5.60. The maximum absolute atomic E-state index is 12.4. The predicted molar refractivity (Wildman–Crippen MR) is 86.7 cm³/mol. The van der Waals surface area contributed by atoms with Gasteiger partial charge in [0, 0.05) is 17.8 Å². The molecule has 108 valence electrons. The number of para-hydroxylation sites is 1. The van der Waals surface area contributed by atoms with Gasteiger partial charge in [-0.15, -0.1) is 0 Å². The maximum atomic E-state index is 12.4. The first kappa shape index (κ1) is 13.7. The number of rotatable bonds is 3. The third-order valence-electron chi connectivity index (χ3n) is 3.91. The second-order valence-corrected chi connectivity index (χ2v) is 5.83. The molecule has 3 heteroatoms. The van der Waals surface area contributed by atoms with E-state index in [1.807, 2.05) is 36.4 Å². The van der Waals surface area contributed by atoms with E-state index in [9.17, 15) is 4.79 Å². The Hall–Kier alpha value is -2.29. The monoisotopic (exact) mass is 280 g/mol. The van der Waals surface area contributed by atoms with Gasteiger partial charge in [-0.1, -0.05) is 44.2 Å². The fraction of sp³-hybridized carbons (Fsp3) is 0.278. The van der Waals surface area contributed by atoms with Crippen LogP contribution >= 0.6 is 0 Å². The van der Waals surface area contributed by atoms with Crippen LogP contribution < -0.4 is 10.6 Å². The molecular weight excluding hydrogens is 260 g/mol. The zero-order chi connectivity index (χ0) is 14.8. The average molecular weight is 280 g/mol. The predicted octanol–water partition coefficient (Wildman–Crippen LogP) is 3.79. The number of amides is 1. The van der Waals surface area contributed by atoms with E-state index in [1.165, 1.54) is 11.1 Å². The molecular formula is C18H20N2O. The molecule has 3 nitrogen and oxygen atoms in total. The van der Waals surface area contributed by atoms with Crippen molar-refractivity contribution >= 4 is 17.3 Å². The van der Waals surface area contributed by atoms with Gasteiger partial charge in [-0.25, -0.2) is 0 Å². The molecule has 21 heavy (non-hydrogen) atoms. The van der Waals surface area contributed by atoms with E-state index in [0.29, 0.717) is 5.92 Å². The largest absolute Gasteiger partial charge is 0.373 e. The van der Waals surface area contributed by atoms with Gasteiger partial charge in [-0.3, -0.25) is 4.79 Å². The van der Waals surface area contributed by atoms with Crippen molar-refractivity contribution < 1.29 is 4.79 Å². The fourth-order valence-corrected chi connectivity index (χ4v) is 2.66. The highest BCUT2D eigenvalue weighted by molar-refractivity contribution is 5.98. The van der Waals surface area contributed by atoms with Crippen molar-refractivity contribution in [2.24, 2.45) is 0 Å². The Labute approximate surface area is 125 Å². The Bertz CT molecular complexity index is 639. The van der Waals surface area contributed by atoms with Crippen molar-refractivity contribution in [1.82, 2.24) is 0 Å². The molecule has 1 heterocycles. The van der Waals surface area contributed by atoms with Crippen LogP contribution in [-0.2, 0) is 11.2 Å². The zero-order valence-corrected chi connectivity index (χ0v) is 12.4. The van der Waals surface area contributed by atoms with Crippen molar-refractivity contribution in [2.75, 3.05) is 10.6 Å². The first-order chi connectivity index (χ1) is 10.1. The third kappa shape index (κ3) is 2.92. The smallest absolute Gasteiger partial charge is 0.247 e. The van der Waals surface area contributed by atoms with Crippen molar-refractivity contribution in [3.05, 3.63) is 59.7 Å². The summed E-state index contributed by atoms with van der Waals surface area (Å²) in [4.78, 5) is 12.4. The molecule has 0 spiro atoms. The van der Waals surface area contributed by atoms with Gasteiger partial charge in [-0.2, -0.15) is 0 Å². The summed E-state index contributed by atoms with van der Waals surface area (Å²) in [5.74, 6) is 0.475. The number of carbonyl (C=O) groups excluding carboxylic acids is 1. The standard InChI is InChI=1S/C18H20N2O/c1-12(2)13-7-5-8-15(10-13)19-18(21)17-11-14-6-3-4-9-16(14)20-17/h3-10,12,17,20H,11H2,1-2H3,(H,19,21)/t17-/m0/s1. The van der Waals surface area contributed by atoms with E-state index >= 15 is 0 Å². The minimum atomic E-state index is -0.190. The number of nitrogens with one attached hydrogen (secondary N) is 2. The highest BCUT2D eigenvalue weighted by Gasteiger charge is 2.26. The Morgan fingerprint density at radius 3 is 2.76 bits per heavy atom. The van der Waals surface area contributed by atoms with Crippen molar-refractivity contribution in [2.45, 2.75) is 32.2 Å². The van der Waals surface area contributed by atoms with Gasteiger partial charge in [0.2, 0.25) is 5.91 Å². The molecule has 0 unspecified atom stereocenters. The van der Waals surface area contributed by atoms with Crippen LogP contribution in [0.1, 0.15) is 30.9 Å².